The number of likely N-dealkylation sites (tertiary alicyclic amines) is 1. The van der Waals surface area contributed by atoms with Crippen molar-refractivity contribution in [3.8, 4) is 11.5 Å². The smallest absolute Gasteiger partial charge is 0.278 e. The first kappa shape index (κ1) is 20.5. The van der Waals surface area contributed by atoms with E-state index in [1.54, 1.807) is 14.2 Å². The van der Waals surface area contributed by atoms with Crippen LogP contribution in [0.1, 0.15) is 43.0 Å². The molecule has 2 atom stereocenters. The highest BCUT2D eigenvalue weighted by Crippen LogP contribution is 2.38. The molecule has 150 valence electrons. The number of halogens is 1. The molecule has 1 amide bonds. The Bertz CT molecular complexity index is 827. The molecule has 1 fully saturated rings. The summed E-state index contributed by atoms with van der Waals surface area (Å²) in [7, 11) is 3.31. The zero-order valence-electron chi connectivity index (χ0n) is 16.7. The largest absolute Gasteiger partial charge is 0.497 e. The predicted molar refractivity (Wildman–Crippen MR) is 110 cm³/mol. The van der Waals surface area contributed by atoms with Gasteiger partial charge in [0.25, 0.3) is 5.91 Å². The first-order valence-electron chi connectivity index (χ1n) is 9.64. The molecular weight excluding hydrogens is 376 g/mol. The van der Waals surface area contributed by atoms with E-state index in [0.29, 0.717) is 6.54 Å². The number of amides is 1. The normalized spacial score (nSPS) is 17.4. The zero-order chi connectivity index (χ0) is 20.1. The molecule has 0 unspecified atom stereocenters. The Morgan fingerprint density at radius 2 is 2.04 bits per heavy atom. The topological polar surface area (TPSA) is 55.4 Å². The molecule has 2 N–H and O–H groups in total. The zero-order valence-corrected chi connectivity index (χ0v) is 17.4. The highest BCUT2D eigenvalue weighted by Gasteiger charge is 2.33. The van der Waals surface area contributed by atoms with Crippen molar-refractivity contribution in [1.82, 2.24) is 4.90 Å². The van der Waals surface area contributed by atoms with E-state index in [-0.39, 0.29) is 18.0 Å². The van der Waals surface area contributed by atoms with Crippen LogP contribution in [0.2, 0.25) is 5.02 Å². The lowest BCUT2D eigenvalue weighted by molar-refractivity contribution is -0.683. The second kappa shape index (κ2) is 9.30. The third-order valence-corrected chi connectivity index (χ3v) is 5.76. The van der Waals surface area contributed by atoms with Gasteiger partial charge in [-0.1, -0.05) is 29.8 Å². The Kier molecular flexibility index (Phi) is 6.81. The summed E-state index contributed by atoms with van der Waals surface area (Å²) in [6, 6.07) is 13.7. The van der Waals surface area contributed by atoms with Crippen LogP contribution >= 0.6 is 11.6 Å². The van der Waals surface area contributed by atoms with Crippen LogP contribution in [0.25, 0.3) is 0 Å². The van der Waals surface area contributed by atoms with E-state index < -0.39 is 0 Å². The lowest BCUT2D eigenvalue weighted by Crippen LogP contribution is -2.87. The fraction of sp³-hybridized carbons (Fsp3) is 0.409. The van der Waals surface area contributed by atoms with Gasteiger partial charge in [-0.15, -0.1) is 0 Å². The molecule has 6 heteroatoms. The lowest BCUT2D eigenvalue weighted by Gasteiger charge is -2.26. The van der Waals surface area contributed by atoms with Gasteiger partial charge in [-0.2, -0.15) is 0 Å². The van der Waals surface area contributed by atoms with Gasteiger partial charge in [-0.3, -0.25) is 4.79 Å². The van der Waals surface area contributed by atoms with Gasteiger partial charge in [0, 0.05) is 22.7 Å². The Labute approximate surface area is 171 Å². The van der Waals surface area contributed by atoms with Gasteiger partial charge in [0.15, 0.2) is 6.54 Å². The number of hydrogen-bond donors (Lipinski definition) is 1. The van der Waals surface area contributed by atoms with Crippen LogP contribution in [0.15, 0.2) is 42.5 Å². The van der Waals surface area contributed by atoms with Crippen molar-refractivity contribution >= 4 is 17.5 Å². The molecule has 3 rings (SSSR count). The minimum atomic E-state index is 0.0153. The minimum Gasteiger partial charge on any atom is -0.497 e. The second-order valence-corrected chi connectivity index (χ2v) is 7.51. The fourth-order valence-corrected chi connectivity index (χ4v) is 4.16. The molecule has 0 aromatic heterocycles. The van der Waals surface area contributed by atoms with Crippen molar-refractivity contribution in [2.45, 2.75) is 31.8 Å². The van der Waals surface area contributed by atoms with Crippen LogP contribution < -0.4 is 14.8 Å². The molecule has 1 heterocycles. The van der Waals surface area contributed by atoms with Crippen molar-refractivity contribution in [2.75, 3.05) is 27.3 Å². The van der Waals surface area contributed by atoms with Crippen molar-refractivity contribution in [1.29, 1.82) is 0 Å². The maximum atomic E-state index is 13.0. The van der Waals surface area contributed by atoms with E-state index in [4.69, 9.17) is 21.1 Å². The maximum Gasteiger partial charge on any atom is 0.278 e. The van der Waals surface area contributed by atoms with Gasteiger partial charge in [0.2, 0.25) is 0 Å². The van der Waals surface area contributed by atoms with Gasteiger partial charge >= 0.3 is 0 Å². The predicted octanol–water partition coefficient (Wildman–Crippen LogP) is 3.35. The summed E-state index contributed by atoms with van der Waals surface area (Å²) in [6.45, 7) is 3.22. The molecule has 2 aromatic rings. The number of hydrogen-bond acceptors (Lipinski definition) is 3. The molecule has 0 spiro atoms. The maximum absolute atomic E-state index is 13.0. The van der Waals surface area contributed by atoms with Crippen molar-refractivity contribution in [3.63, 3.8) is 0 Å². The van der Waals surface area contributed by atoms with Gasteiger partial charge in [0.05, 0.1) is 20.3 Å². The Hall–Kier alpha value is -2.24. The molecule has 2 aromatic carbocycles. The summed E-state index contributed by atoms with van der Waals surface area (Å²) in [5, 5.41) is 2.78. The van der Waals surface area contributed by atoms with Crippen LogP contribution in [0.3, 0.4) is 0 Å². The van der Waals surface area contributed by atoms with Crippen molar-refractivity contribution in [2.24, 2.45) is 0 Å². The van der Waals surface area contributed by atoms with Gasteiger partial charge < -0.3 is 19.7 Å². The quantitative estimate of drug-likeness (QED) is 0.771. The summed E-state index contributed by atoms with van der Waals surface area (Å²) in [6.07, 6.45) is 1.91. The summed E-state index contributed by atoms with van der Waals surface area (Å²) >= 11 is 6.29. The van der Waals surface area contributed by atoms with Crippen LogP contribution in [0, 0.1) is 0 Å². The molecule has 0 saturated carbocycles. The molecule has 28 heavy (non-hydrogen) atoms. The second-order valence-electron chi connectivity index (χ2n) is 7.10. The van der Waals surface area contributed by atoms with E-state index in [0.717, 1.165) is 47.0 Å². The average molecular weight is 404 g/mol. The summed E-state index contributed by atoms with van der Waals surface area (Å²) in [5.74, 6) is 1.69. The first-order chi connectivity index (χ1) is 13.5. The third kappa shape index (κ3) is 4.42. The molecule has 1 aliphatic rings. The Morgan fingerprint density at radius 1 is 1.25 bits per heavy atom. The number of ether oxygens (including phenoxy) is 2. The van der Waals surface area contributed by atoms with E-state index in [2.05, 4.69) is 6.92 Å². The molecule has 0 aliphatic carbocycles. The van der Waals surface area contributed by atoms with Gasteiger partial charge in [-0.05, 0) is 44.0 Å². The minimum absolute atomic E-state index is 0.0153. The number of carbonyl (C=O) groups excluding carboxylic acids is 1. The molecule has 1 aliphatic heterocycles. The summed E-state index contributed by atoms with van der Waals surface area (Å²) < 4.78 is 10.9. The Balaban J connectivity index is 1.71. The fourth-order valence-electron chi connectivity index (χ4n) is 3.85. The van der Waals surface area contributed by atoms with Crippen LogP contribution in [0.4, 0.5) is 0 Å². The standard InChI is InChI=1S/C22H27ClN2O3/c1-15(17-7-4-5-8-19(17)23)24-14-22(26)25-12-6-9-20(25)18-13-16(27-2)10-11-21(18)28-3/h4-5,7-8,10-11,13,15,20,24H,6,9,12,14H2,1-3H3/p+1/t15-,20+/m0/s1. The molecular formula is C22H28ClN2O3+. The number of quaternary nitrogens is 1. The number of methoxy groups -OCH3 is 2. The summed E-state index contributed by atoms with van der Waals surface area (Å²) in [5.41, 5.74) is 2.05. The van der Waals surface area contributed by atoms with E-state index in [1.165, 1.54) is 0 Å². The average Bonchev–Trinajstić information content (AvgIpc) is 3.21. The van der Waals surface area contributed by atoms with Crippen LogP contribution in [0.5, 0.6) is 11.5 Å². The lowest BCUT2D eigenvalue weighted by atomic mass is 10.0. The number of rotatable bonds is 7. The third-order valence-electron chi connectivity index (χ3n) is 5.41. The van der Waals surface area contributed by atoms with E-state index in [1.807, 2.05) is 52.7 Å². The van der Waals surface area contributed by atoms with E-state index >= 15 is 0 Å². The highest BCUT2D eigenvalue weighted by atomic mass is 35.5. The van der Waals surface area contributed by atoms with Gasteiger partial charge in [-0.25, -0.2) is 0 Å². The van der Waals surface area contributed by atoms with Crippen LogP contribution in [-0.2, 0) is 4.79 Å². The van der Waals surface area contributed by atoms with Crippen molar-refractivity contribution < 1.29 is 19.6 Å². The molecule has 0 radical (unpaired) electrons. The molecule has 1 saturated heterocycles. The van der Waals surface area contributed by atoms with Gasteiger partial charge in [0.1, 0.15) is 17.5 Å². The number of nitrogens with two attached hydrogens (primary N) is 1. The number of nitrogens with zero attached hydrogens (tertiary/aromatic N) is 1. The Morgan fingerprint density at radius 3 is 2.75 bits per heavy atom. The number of benzene rings is 2. The van der Waals surface area contributed by atoms with Crippen molar-refractivity contribution in [3.05, 3.63) is 58.6 Å². The monoisotopic (exact) mass is 403 g/mol. The number of carbonyl (C=O) groups is 1. The first-order valence-corrected chi connectivity index (χ1v) is 10.0. The molecule has 0 bridgehead atoms. The molecule has 5 nitrogen and oxygen atoms in total. The van der Waals surface area contributed by atoms with E-state index in [9.17, 15) is 4.79 Å². The highest BCUT2D eigenvalue weighted by molar-refractivity contribution is 6.31. The van der Waals surface area contributed by atoms with Crippen LogP contribution in [-0.4, -0.2) is 38.1 Å². The summed E-state index contributed by atoms with van der Waals surface area (Å²) in [4.78, 5) is 15.0. The SMILES string of the molecule is COc1ccc(OC)c([C@H]2CCCN2C(=O)C[NH2+][C@@H](C)c2ccccc2Cl)c1.